The van der Waals surface area contributed by atoms with Crippen LogP contribution in [0.15, 0.2) is 0 Å². The highest BCUT2D eigenvalue weighted by Crippen LogP contribution is 2.13. The van der Waals surface area contributed by atoms with Gasteiger partial charge < -0.3 is 31.0 Å². The fourth-order valence-electron chi connectivity index (χ4n) is 1.01. The molecule has 0 aliphatic carbocycles. The van der Waals surface area contributed by atoms with Crippen LogP contribution >= 0.6 is 0 Å². The number of hydrogen-bond donors (Lipinski definition) is 0. The molecular formula is C7H18O7Si2. The normalized spacial score (nSPS) is 22.1. The first-order valence-corrected chi connectivity index (χ1v) is 7.83. The molecule has 2 unspecified atom stereocenters. The number of hydrogen-bond acceptors (Lipinski definition) is 7. The summed E-state index contributed by atoms with van der Waals surface area (Å²) in [6.07, 6.45) is 0.164. The van der Waals surface area contributed by atoms with Crippen molar-refractivity contribution in [3.63, 3.8) is 0 Å². The molecule has 96 valence electrons. The van der Waals surface area contributed by atoms with Crippen LogP contribution in [0.2, 0.25) is 0 Å². The van der Waals surface area contributed by atoms with E-state index in [1.165, 1.54) is 28.4 Å². The van der Waals surface area contributed by atoms with Crippen molar-refractivity contribution in [2.24, 2.45) is 0 Å². The average molecular weight is 270 g/mol. The van der Waals surface area contributed by atoms with Gasteiger partial charge in [-0.1, -0.05) is 0 Å². The smallest absolute Gasteiger partial charge is 0.380 e. The van der Waals surface area contributed by atoms with E-state index < -0.39 is 18.6 Å². The highest BCUT2D eigenvalue weighted by Gasteiger charge is 2.46. The van der Waals surface area contributed by atoms with Crippen molar-refractivity contribution in [3.05, 3.63) is 0 Å². The summed E-state index contributed by atoms with van der Waals surface area (Å²) < 4.78 is 36.4. The second kappa shape index (κ2) is 6.78. The third-order valence-electron chi connectivity index (χ3n) is 2.00. The molecule has 1 aliphatic heterocycles. The Morgan fingerprint density at radius 1 is 1.19 bits per heavy atom. The van der Waals surface area contributed by atoms with E-state index >= 15 is 0 Å². The maximum absolute atomic E-state index is 5.52. The summed E-state index contributed by atoms with van der Waals surface area (Å²) in [5.74, 6) is 0. The Balaban J connectivity index is 2.38. The van der Waals surface area contributed by atoms with Crippen molar-refractivity contribution in [1.82, 2.24) is 0 Å². The van der Waals surface area contributed by atoms with Gasteiger partial charge in [-0.3, -0.25) is 0 Å². The first kappa shape index (κ1) is 14.2. The van der Waals surface area contributed by atoms with Crippen LogP contribution in [-0.4, -0.2) is 66.3 Å². The van der Waals surface area contributed by atoms with Gasteiger partial charge in [0.05, 0.1) is 13.2 Å². The zero-order chi connectivity index (χ0) is 12.0. The Hall–Kier alpha value is 0.154. The first-order valence-electron chi connectivity index (χ1n) is 4.79. The van der Waals surface area contributed by atoms with E-state index in [1.54, 1.807) is 0 Å². The summed E-state index contributed by atoms with van der Waals surface area (Å²) in [6, 6.07) is 0. The summed E-state index contributed by atoms with van der Waals surface area (Å²) in [6.45, 7) is 1.19. The largest absolute Gasteiger partial charge is 0.671 e. The maximum atomic E-state index is 5.52. The lowest BCUT2D eigenvalue weighted by Crippen LogP contribution is -2.52. The molecule has 1 fully saturated rings. The molecule has 16 heavy (non-hydrogen) atoms. The molecule has 7 nitrogen and oxygen atoms in total. The predicted octanol–water partition coefficient (Wildman–Crippen LogP) is -0.843. The van der Waals surface area contributed by atoms with Crippen LogP contribution in [-0.2, 0) is 31.0 Å². The van der Waals surface area contributed by atoms with E-state index in [0.717, 1.165) is 6.61 Å². The Bertz CT molecular complexity index is 189. The van der Waals surface area contributed by atoms with E-state index in [0.29, 0.717) is 6.61 Å². The van der Waals surface area contributed by atoms with Gasteiger partial charge in [0.25, 0.3) is 0 Å². The highest BCUT2D eigenvalue weighted by atomic mass is 28.5. The van der Waals surface area contributed by atoms with Crippen LogP contribution in [0.3, 0.4) is 0 Å². The molecule has 1 saturated heterocycles. The molecule has 0 spiro atoms. The molecule has 0 bridgehead atoms. The molecule has 0 aromatic carbocycles. The summed E-state index contributed by atoms with van der Waals surface area (Å²) in [5.41, 5.74) is 0. The minimum atomic E-state index is -3.08. The third kappa shape index (κ3) is 4.20. The van der Waals surface area contributed by atoms with E-state index in [9.17, 15) is 0 Å². The maximum Gasteiger partial charge on any atom is 0.671 e. The summed E-state index contributed by atoms with van der Waals surface area (Å²) in [5, 5.41) is 0. The fourth-order valence-corrected chi connectivity index (χ4v) is 4.77. The van der Waals surface area contributed by atoms with Gasteiger partial charge in [-0.05, 0) is 0 Å². The molecule has 0 saturated carbocycles. The van der Waals surface area contributed by atoms with Gasteiger partial charge in [-0.15, -0.1) is 0 Å². The molecule has 9 heteroatoms. The molecule has 0 amide bonds. The summed E-state index contributed by atoms with van der Waals surface area (Å²) in [7, 11) is 0.524. The van der Waals surface area contributed by atoms with E-state index in [4.69, 9.17) is 31.0 Å². The van der Waals surface area contributed by atoms with Crippen LogP contribution in [0.5, 0.6) is 0 Å². The van der Waals surface area contributed by atoms with Gasteiger partial charge in [0.15, 0.2) is 0 Å². The van der Waals surface area contributed by atoms with Gasteiger partial charge >= 0.3 is 18.6 Å². The van der Waals surface area contributed by atoms with Crippen LogP contribution in [0.1, 0.15) is 0 Å². The molecule has 0 aromatic heterocycles. The average Bonchev–Trinajstić information content (AvgIpc) is 3.14. The minimum Gasteiger partial charge on any atom is -0.380 e. The van der Waals surface area contributed by atoms with Crippen molar-refractivity contribution in [2.75, 3.05) is 41.7 Å². The molecule has 2 atom stereocenters. The van der Waals surface area contributed by atoms with Gasteiger partial charge in [-0.25, -0.2) is 0 Å². The van der Waals surface area contributed by atoms with Crippen LogP contribution in [0.4, 0.5) is 0 Å². The summed E-state index contributed by atoms with van der Waals surface area (Å²) >= 11 is 0. The van der Waals surface area contributed by atoms with Gasteiger partial charge in [-0.2, -0.15) is 0 Å². The number of epoxide rings is 1. The van der Waals surface area contributed by atoms with Crippen molar-refractivity contribution >= 4 is 18.6 Å². The van der Waals surface area contributed by atoms with Crippen LogP contribution in [0, 0.1) is 0 Å². The molecule has 0 radical (unpaired) electrons. The van der Waals surface area contributed by atoms with E-state index in [-0.39, 0.29) is 6.10 Å². The van der Waals surface area contributed by atoms with Crippen molar-refractivity contribution in [2.45, 2.75) is 6.10 Å². The minimum absolute atomic E-state index is 0.164. The molecule has 1 heterocycles. The predicted molar refractivity (Wildman–Crippen MR) is 57.7 cm³/mol. The molecule has 1 aliphatic rings. The lowest BCUT2D eigenvalue weighted by Gasteiger charge is -2.26. The van der Waals surface area contributed by atoms with Gasteiger partial charge in [0.2, 0.25) is 0 Å². The Morgan fingerprint density at radius 2 is 1.75 bits per heavy atom. The van der Waals surface area contributed by atoms with E-state index in [1.807, 2.05) is 0 Å². The topological polar surface area (TPSA) is 67.9 Å². The zero-order valence-electron chi connectivity index (χ0n) is 9.93. The fraction of sp³-hybridized carbons (Fsp3) is 1.00. The Labute approximate surface area is 97.9 Å². The lowest BCUT2D eigenvalue weighted by atomic mass is 10.5. The van der Waals surface area contributed by atoms with Crippen LogP contribution < -0.4 is 0 Å². The third-order valence-corrected chi connectivity index (χ3v) is 6.28. The molecule has 0 aromatic rings. The SMILES string of the molecule is CO[SiH](OCC1CO1)O[Si](OC)(OC)OC. The van der Waals surface area contributed by atoms with E-state index in [2.05, 4.69) is 0 Å². The van der Waals surface area contributed by atoms with Crippen molar-refractivity contribution in [3.8, 4) is 0 Å². The summed E-state index contributed by atoms with van der Waals surface area (Å²) in [4.78, 5) is 0. The zero-order valence-corrected chi connectivity index (χ0v) is 12.1. The highest BCUT2D eigenvalue weighted by molar-refractivity contribution is 6.62. The Morgan fingerprint density at radius 3 is 2.12 bits per heavy atom. The number of rotatable bonds is 9. The quantitative estimate of drug-likeness (QED) is 0.399. The standard InChI is InChI=1S/C7H18O7Si2/c1-8-15(13-6-7-5-12-7)14-16(9-2,10-3)11-4/h7,15H,5-6H2,1-4H3. The van der Waals surface area contributed by atoms with Crippen molar-refractivity contribution in [1.29, 1.82) is 0 Å². The second-order valence-electron chi connectivity index (χ2n) is 3.04. The van der Waals surface area contributed by atoms with Gasteiger partial charge in [0.1, 0.15) is 6.10 Å². The lowest BCUT2D eigenvalue weighted by molar-refractivity contribution is 0.0208. The van der Waals surface area contributed by atoms with Crippen LogP contribution in [0.25, 0.3) is 0 Å². The Kier molecular flexibility index (Phi) is 6.03. The molecule has 1 rings (SSSR count). The second-order valence-corrected chi connectivity index (χ2v) is 7.59. The first-order chi connectivity index (χ1) is 7.69. The molecular weight excluding hydrogens is 252 g/mol. The number of ether oxygens (including phenoxy) is 1. The van der Waals surface area contributed by atoms with Crippen molar-refractivity contribution < 1.29 is 31.0 Å². The monoisotopic (exact) mass is 270 g/mol. The molecule has 0 N–H and O–H groups in total. The van der Waals surface area contributed by atoms with Gasteiger partial charge in [0, 0.05) is 28.4 Å².